The standard InChI is InChI=1S/C12H10Cl2IN3/c1-16-11-9(13)6-10(14)12(18-11)17-8-4-2-7(15)3-5-8/h2-6H,1H3,(H2,16,17,18). The van der Waals surface area contributed by atoms with E-state index in [4.69, 9.17) is 23.2 Å². The van der Waals surface area contributed by atoms with Gasteiger partial charge < -0.3 is 10.6 Å². The van der Waals surface area contributed by atoms with E-state index in [0.29, 0.717) is 21.7 Å². The first-order chi connectivity index (χ1) is 8.60. The van der Waals surface area contributed by atoms with E-state index >= 15 is 0 Å². The number of anilines is 3. The molecule has 0 atom stereocenters. The third-order valence-electron chi connectivity index (χ3n) is 2.27. The summed E-state index contributed by atoms with van der Waals surface area (Å²) < 4.78 is 1.17. The molecule has 1 heterocycles. The van der Waals surface area contributed by atoms with Crippen molar-refractivity contribution in [2.75, 3.05) is 17.7 Å². The molecule has 3 nitrogen and oxygen atoms in total. The highest BCUT2D eigenvalue weighted by Gasteiger charge is 2.08. The Morgan fingerprint density at radius 3 is 2.28 bits per heavy atom. The van der Waals surface area contributed by atoms with Crippen LogP contribution >= 0.6 is 45.8 Å². The summed E-state index contributed by atoms with van der Waals surface area (Å²) in [4.78, 5) is 4.32. The van der Waals surface area contributed by atoms with Crippen LogP contribution in [-0.4, -0.2) is 12.0 Å². The van der Waals surface area contributed by atoms with Crippen molar-refractivity contribution in [2.45, 2.75) is 0 Å². The average molecular weight is 394 g/mol. The molecule has 0 saturated carbocycles. The van der Waals surface area contributed by atoms with Crippen molar-refractivity contribution in [1.29, 1.82) is 0 Å². The molecular formula is C12H10Cl2IN3. The van der Waals surface area contributed by atoms with Crippen molar-refractivity contribution < 1.29 is 0 Å². The molecule has 0 unspecified atom stereocenters. The fourth-order valence-electron chi connectivity index (χ4n) is 1.40. The molecule has 0 saturated heterocycles. The number of aromatic nitrogens is 1. The first-order valence-electron chi connectivity index (χ1n) is 5.16. The maximum absolute atomic E-state index is 6.10. The summed E-state index contributed by atoms with van der Waals surface area (Å²) in [5.74, 6) is 1.17. The van der Waals surface area contributed by atoms with E-state index < -0.39 is 0 Å². The second kappa shape index (κ2) is 5.95. The number of hydrogen-bond acceptors (Lipinski definition) is 3. The van der Waals surface area contributed by atoms with Gasteiger partial charge in [0.25, 0.3) is 0 Å². The second-order valence-electron chi connectivity index (χ2n) is 3.53. The Morgan fingerprint density at radius 2 is 1.67 bits per heavy atom. The van der Waals surface area contributed by atoms with Crippen molar-refractivity contribution in [3.63, 3.8) is 0 Å². The van der Waals surface area contributed by atoms with Gasteiger partial charge in [-0.25, -0.2) is 4.98 Å². The Bertz CT molecular complexity index is 558. The SMILES string of the molecule is CNc1nc(Nc2ccc(I)cc2)c(Cl)cc1Cl. The molecule has 0 amide bonds. The van der Waals surface area contributed by atoms with Gasteiger partial charge in [-0.3, -0.25) is 0 Å². The summed E-state index contributed by atoms with van der Waals surface area (Å²) in [6.45, 7) is 0. The molecule has 1 aromatic heterocycles. The number of nitrogens with one attached hydrogen (secondary N) is 2. The van der Waals surface area contributed by atoms with Crippen molar-refractivity contribution >= 4 is 63.1 Å². The minimum absolute atomic E-state index is 0.484. The molecule has 6 heteroatoms. The normalized spacial score (nSPS) is 10.2. The number of nitrogens with zero attached hydrogens (tertiary/aromatic N) is 1. The van der Waals surface area contributed by atoms with Gasteiger partial charge in [-0.05, 0) is 52.9 Å². The summed E-state index contributed by atoms with van der Waals surface area (Å²) in [6, 6.07) is 9.61. The van der Waals surface area contributed by atoms with Crippen molar-refractivity contribution in [3.8, 4) is 0 Å². The van der Waals surface area contributed by atoms with Crippen molar-refractivity contribution in [1.82, 2.24) is 4.98 Å². The number of rotatable bonds is 3. The maximum Gasteiger partial charge on any atom is 0.151 e. The Hall–Kier alpha value is -0.720. The molecular weight excluding hydrogens is 384 g/mol. The molecule has 0 aliphatic heterocycles. The molecule has 0 aliphatic rings. The van der Waals surface area contributed by atoms with E-state index in [1.165, 1.54) is 3.57 Å². The second-order valence-corrected chi connectivity index (χ2v) is 5.59. The predicted octanol–water partition coefficient (Wildman–Crippen LogP) is 4.78. The van der Waals surface area contributed by atoms with Gasteiger partial charge >= 0.3 is 0 Å². The summed E-state index contributed by atoms with van der Waals surface area (Å²) in [5.41, 5.74) is 0.925. The highest BCUT2D eigenvalue weighted by atomic mass is 127. The van der Waals surface area contributed by atoms with Crippen molar-refractivity contribution in [3.05, 3.63) is 43.9 Å². The lowest BCUT2D eigenvalue weighted by Crippen LogP contribution is -1.99. The smallest absolute Gasteiger partial charge is 0.151 e. The first kappa shape index (κ1) is 13.7. The zero-order chi connectivity index (χ0) is 13.1. The van der Waals surface area contributed by atoms with Crippen LogP contribution in [0.1, 0.15) is 0 Å². The van der Waals surface area contributed by atoms with E-state index in [1.807, 2.05) is 24.3 Å². The summed E-state index contributed by atoms with van der Waals surface area (Å²) in [5, 5.41) is 7.05. The average Bonchev–Trinajstić information content (AvgIpc) is 2.35. The molecule has 0 aliphatic carbocycles. The van der Waals surface area contributed by atoms with E-state index in [-0.39, 0.29) is 0 Å². The van der Waals surface area contributed by atoms with Crippen molar-refractivity contribution in [2.24, 2.45) is 0 Å². The van der Waals surface area contributed by atoms with Crippen LogP contribution in [0.5, 0.6) is 0 Å². The molecule has 0 bridgehead atoms. The summed E-state index contributed by atoms with van der Waals surface area (Å²) >= 11 is 14.3. The minimum atomic E-state index is 0.484. The molecule has 0 spiro atoms. The van der Waals surface area contributed by atoms with Crippen LogP contribution < -0.4 is 10.6 Å². The molecule has 2 N–H and O–H groups in total. The van der Waals surface area contributed by atoms with Crippen LogP contribution in [0.4, 0.5) is 17.3 Å². The highest BCUT2D eigenvalue weighted by molar-refractivity contribution is 14.1. The fourth-order valence-corrected chi connectivity index (χ4v) is 2.26. The summed E-state index contributed by atoms with van der Waals surface area (Å²) in [7, 11) is 1.76. The number of benzene rings is 1. The number of pyridine rings is 1. The molecule has 18 heavy (non-hydrogen) atoms. The Morgan fingerprint density at radius 1 is 1.06 bits per heavy atom. The predicted molar refractivity (Wildman–Crippen MR) is 86.2 cm³/mol. The van der Waals surface area contributed by atoms with Gasteiger partial charge in [0, 0.05) is 16.3 Å². The molecule has 94 valence electrons. The topological polar surface area (TPSA) is 37.0 Å². The lowest BCUT2D eigenvalue weighted by molar-refractivity contribution is 1.27. The van der Waals surface area contributed by atoms with Gasteiger partial charge in [-0.1, -0.05) is 23.2 Å². The highest BCUT2D eigenvalue weighted by Crippen LogP contribution is 2.30. The van der Waals surface area contributed by atoms with Crippen LogP contribution in [0, 0.1) is 3.57 Å². The van der Waals surface area contributed by atoms with E-state index in [1.54, 1.807) is 13.1 Å². The van der Waals surface area contributed by atoms with Crippen LogP contribution in [-0.2, 0) is 0 Å². The van der Waals surface area contributed by atoms with Crippen LogP contribution in [0.15, 0.2) is 30.3 Å². The lowest BCUT2D eigenvalue weighted by atomic mass is 10.3. The van der Waals surface area contributed by atoms with Gasteiger partial charge in [0.2, 0.25) is 0 Å². The Kier molecular flexibility index (Phi) is 4.53. The van der Waals surface area contributed by atoms with E-state index in [0.717, 1.165) is 5.69 Å². The van der Waals surface area contributed by atoms with Gasteiger partial charge in [0.05, 0.1) is 10.0 Å². The van der Waals surface area contributed by atoms with Crippen LogP contribution in [0.3, 0.4) is 0 Å². The monoisotopic (exact) mass is 393 g/mol. The third kappa shape index (κ3) is 3.18. The number of halogens is 3. The van der Waals surface area contributed by atoms with E-state index in [9.17, 15) is 0 Å². The summed E-state index contributed by atoms with van der Waals surface area (Å²) in [6.07, 6.45) is 0. The van der Waals surface area contributed by atoms with Gasteiger partial charge in [0.1, 0.15) is 5.82 Å². The van der Waals surface area contributed by atoms with Gasteiger partial charge in [-0.2, -0.15) is 0 Å². The minimum Gasteiger partial charge on any atom is -0.372 e. The molecule has 0 radical (unpaired) electrons. The molecule has 1 aromatic carbocycles. The zero-order valence-electron chi connectivity index (χ0n) is 9.47. The van der Waals surface area contributed by atoms with E-state index in [2.05, 4.69) is 38.2 Å². The first-order valence-corrected chi connectivity index (χ1v) is 7.00. The van der Waals surface area contributed by atoms with Gasteiger partial charge in [-0.15, -0.1) is 0 Å². The molecule has 0 fully saturated rings. The third-order valence-corrected chi connectivity index (χ3v) is 3.57. The van der Waals surface area contributed by atoms with Crippen LogP contribution in [0.2, 0.25) is 10.0 Å². The van der Waals surface area contributed by atoms with Crippen LogP contribution in [0.25, 0.3) is 0 Å². The largest absolute Gasteiger partial charge is 0.372 e. The lowest BCUT2D eigenvalue weighted by Gasteiger charge is -2.10. The fraction of sp³-hybridized carbons (Fsp3) is 0.0833. The number of hydrogen-bond donors (Lipinski definition) is 2. The Balaban J connectivity index is 2.31. The van der Waals surface area contributed by atoms with Gasteiger partial charge in [0.15, 0.2) is 5.82 Å². The molecule has 2 rings (SSSR count). The zero-order valence-corrected chi connectivity index (χ0v) is 13.1. The molecule has 2 aromatic rings. The quantitative estimate of drug-likeness (QED) is 0.737. The maximum atomic E-state index is 6.10. The Labute approximate surface area is 129 Å².